The van der Waals surface area contributed by atoms with Crippen LogP contribution in [0.25, 0.3) is 0 Å². The van der Waals surface area contributed by atoms with Crippen molar-refractivity contribution in [1.29, 1.82) is 0 Å². The van der Waals surface area contributed by atoms with Crippen molar-refractivity contribution in [2.75, 3.05) is 19.6 Å². The average Bonchev–Trinajstić information content (AvgIpc) is 2.38. The second kappa shape index (κ2) is 5.53. The average molecular weight is 246 g/mol. The summed E-state index contributed by atoms with van der Waals surface area (Å²) in [6.45, 7) is 9.25. The predicted octanol–water partition coefficient (Wildman–Crippen LogP) is 2.24. The van der Waals surface area contributed by atoms with Gasteiger partial charge in [-0.15, -0.1) is 0 Å². The van der Waals surface area contributed by atoms with E-state index in [0.29, 0.717) is 12.1 Å². The Bertz CT molecular complexity index is 402. The maximum absolute atomic E-state index is 12.3. The van der Waals surface area contributed by atoms with Gasteiger partial charge in [0.25, 0.3) is 5.91 Å². The summed E-state index contributed by atoms with van der Waals surface area (Å²) in [6, 6.07) is 10.5. The smallest absolute Gasteiger partial charge is 0.253 e. The molecule has 98 valence electrons. The molecule has 1 heterocycles. The summed E-state index contributed by atoms with van der Waals surface area (Å²) in [5, 5.41) is 0. The van der Waals surface area contributed by atoms with Gasteiger partial charge in [-0.25, -0.2) is 0 Å². The summed E-state index contributed by atoms with van der Waals surface area (Å²) in [7, 11) is 0. The fourth-order valence-corrected chi connectivity index (χ4v) is 2.69. The van der Waals surface area contributed by atoms with Gasteiger partial charge in [-0.1, -0.05) is 18.2 Å². The molecule has 1 atom stereocenters. The van der Waals surface area contributed by atoms with Crippen molar-refractivity contribution in [3.05, 3.63) is 35.9 Å². The summed E-state index contributed by atoms with van der Waals surface area (Å²) in [6.07, 6.45) is 0. The highest BCUT2D eigenvalue weighted by Crippen LogP contribution is 2.15. The SMILES string of the molecule is CC(C)N1CCN(C(=O)c2ccccc2)CC1C. The molecule has 1 unspecified atom stereocenters. The highest BCUT2D eigenvalue weighted by molar-refractivity contribution is 5.94. The van der Waals surface area contributed by atoms with E-state index in [2.05, 4.69) is 25.7 Å². The first-order chi connectivity index (χ1) is 8.59. The maximum atomic E-state index is 12.3. The summed E-state index contributed by atoms with van der Waals surface area (Å²) in [4.78, 5) is 16.8. The number of amides is 1. The second-order valence-electron chi connectivity index (χ2n) is 5.30. The molecule has 3 nitrogen and oxygen atoms in total. The molecule has 1 aromatic rings. The van der Waals surface area contributed by atoms with Crippen molar-refractivity contribution in [1.82, 2.24) is 9.80 Å². The second-order valence-corrected chi connectivity index (χ2v) is 5.30. The molecule has 0 aromatic heterocycles. The molecule has 1 aliphatic heterocycles. The fourth-order valence-electron chi connectivity index (χ4n) is 2.69. The van der Waals surface area contributed by atoms with Gasteiger partial charge in [-0.05, 0) is 32.9 Å². The molecule has 1 amide bonds. The van der Waals surface area contributed by atoms with E-state index in [9.17, 15) is 4.79 Å². The Hall–Kier alpha value is -1.35. The molecule has 0 bridgehead atoms. The third-order valence-electron chi connectivity index (χ3n) is 3.65. The normalized spacial score (nSPS) is 21.3. The molecular formula is C15H22N2O. The van der Waals surface area contributed by atoms with Gasteiger partial charge in [0.15, 0.2) is 0 Å². The van der Waals surface area contributed by atoms with Crippen LogP contribution in [0.5, 0.6) is 0 Å². The number of rotatable bonds is 2. The number of nitrogens with zero attached hydrogens (tertiary/aromatic N) is 2. The molecular weight excluding hydrogens is 224 g/mol. The summed E-state index contributed by atoms with van der Waals surface area (Å²) >= 11 is 0. The number of hydrogen-bond acceptors (Lipinski definition) is 2. The Kier molecular flexibility index (Phi) is 4.02. The quantitative estimate of drug-likeness (QED) is 0.799. The third kappa shape index (κ3) is 2.72. The molecule has 1 saturated heterocycles. The highest BCUT2D eigenvalue weighted by Gasteiger charge is 2.28. The molecule has 1 aliphatic rings. The fraction of sp³-hybridized carbons (Fsp3) is 0.533. The Morgan fingerprint density at radius 3 is 2.44 bits per heavy atom. The molecule has 1 fully saturated rings. The van der Waals surface area contributed by atoms with Crippen molar-refractivity contribution in [2.24, 2.45) is 0 Å². The minimum atomic E-state index is 0.158. The lowest BCUT2D eigenvalue weighted by molar-refractivity contribution is 0.0426. The Morgan fingerprint density at radius 1 is 1.22 bits per heavy atom. The summed E-state index contributed by atoms with van der Waals surface area (Å²) < 4.78 is 0. The number of piperazine rings is 1. The first-order valence-corrected chi connectivity index (χ1v) is 6.69. The molecule has 18 heavy (non-hydrogen) atoms. The zero-order valence-corrected chi connectivity index (χ0v) is 11.5. The van der Waals surface area contributed by atoms with Crippen LogP contribution >= 0.6 is 0 Å². The van der Waals surface area contributed by atoms with Crippen LogP contribution in [0.15, 0.2) is 30.3 Å². The third-order valence-corrected chi connectivity index (χ3v) is 3.65. The van der Waals surface area contributed by atoms with E-state index in [-0.39, 0.29) is 5.91 Å². The first-order valence-electron chi connectivity index (χ1n) is 6.69. The zero-order valence-electron chi connectivity index (χ0n) is 11.5. The van der Waals surface area contributed by atoms with Crippen LogP contribution in [0, 0.1) is 0 Å². The molecule has 1 aromatic carbocycles. The van der Waals surface area contributed by atoms with Gasteiger partial charge in [-0.3, -0.25) is 9.69 Å². The van der Waals surface area contributed by atoms with Crippen LogP contribution in [0.1, 0.15) is 31.1 Å². The van der Waals surface area contributed by atoms with E-state index in [4.69, 9.17) is 0 Å². The minimum Gasteiger partial charge on any atom is -0.336 e. The number of carbonyl (C=O) groups excluding carboxylic acids is 1. The predicted molar refractivity (Wildman–Crippen MR) is 73.6 cm³/mol. The van der Waals surface area contributed by atoms with Gasteiger partial charge in [0.05, 0.1) is 0 Å². The lowest BCUT2D eigenvalue weighted by Gasteiger charge is -2.42. The molecule has 2 rings (SSSR count). The van der Waals surface area contributed by atoms with Crippen LogP contribution in [0.4, 0.5) is 0 Å². The van der Waals surface area contributed by atoms with Crippen molar-refractivity contribution in [3.8, 4) is 0 Å². The first kappa shape index (κ1) is 13.1. The van der Waals surface area contributed by atoms with Crippen LogP contribution in [0.3, 0.4) is 0 Å². The van der Waals surface area contributed by atoms with Gasteiger partial charge < -0.3 is 4.90 Å². The summed E-state index contributed by atoms with van der Waals surface area (Å²) in [5.74, 6) is 0.158. The molecule has 0 saturated carbocycles. The van der Waals surface area contributed by atoms with Crippen molar-refractivity contribution >= 4 is 5.91 Å². The van der Waals surface area contributed by atoms with E-state index in [1.807, 2.05) is 35.2 Å². The monoisotopic (exact) mass is 246 g/mol. The molecule has 0 radical (unpaired) electrons. The number of hydrogen-bond donors (Lipinski definition) is 0. The van der Waals surface area contributed by atoms with Crippen LogP contribution in [0.2, 0.25) is 0 Å². The van der Waals surface area contributed by atoms with Gasteiger partial charge in [0.2, 0.25) is 0 Å². The number of benzene rings is 1. The lowest BCUT2D eigenvalue weighted by atomic mass is 10.1. The van der Waals surface area contributed by atoms with E-state index >= 15 is 0 Å². The Labute approximate surface area is 109 Å². The van der Waals surface area contributed by atoms with Crippen molar-refractivity contribution < 1.29 is 4.79 Å². The van der Waals surface area contributed by atoms with E-state index < -0.39 is 0 Å². The van der Waals surface area contributed by atoms with Crippen LogP contribution < -0.4 is 0 Å². The zero-order chi connectivity index (χ0) is 13.1. The van der Waals surface area contributed by atoms with Gasteiger partial charge in [0, 0.05) is 37.3 Å². The highest BCUT2D eigenvalue weighted by atomic mass is 16.2. The van der Waals surface area contributed by atoms with Gasteiger partial charge in [0.1, 0.15) is 0 Å². The molecule has 0 aliphatic carbocycles. The largest absolute Gasteiger partial charge is 0.336 e. The van der Waals surface area contributed by atoms with Crippen LogP contribution in [-0.4, -0.2) is 47.4 Å². The van der Waals surface area contributed by atoms with Crippen molar-refractivity contribution in [2.45, 2.75) is 32.9 Å². The lowest BCUT2D eigenvalue weighted by Crippen LogP contribution is -2.55. The summed E-state index contributed by atoms with van der Waals surface area (Å²) in [5.41, 5.74) is 0.794. The minimum absolute atomic E-state index is 0.158. The van der Waals surface area contributed by atoms with Crippen LogP contribution in [-0.2, 0) is 0 Å². The molecule has 0 spiro atoms. The number of carbonyl (C=O) groups is 1. The Morgan fingerprint density at radius 2 is 1.89 bits per heavy atom. The standard InChI is InChI=1S/C15H22N2O/c1-12(2)17-10-9-16(11-13(17)3)15(18)14-7-5-4-6-8-14/h4-8,12-13H,9-11H2,1-3H3. The van der Waals surface area contributed by atoms with Crippen molar-refractivity contribution in [3.63, 3.8) is 0 Å². The van der Waals surface area contributed by atoms with Gasteiger partial charge >= 0.3 is 0 Å². The Balaban J connectivity index is 2.03. The maximum Gasteiger partial charge on any atom is 0.253 e. The topological polar surface area (TPSA) is 23.6 Å². The molecule has 0 N–H and O–H groups in total. The van der Waals surface area contributed by atoms with Gasteiger partial charge in [-0.2, -0.15) is 0 Å². The van der Waals surface area contributed by atoms with E-state index in [1.54, 1.807) is 0 Å². The molecule has 3 heteroatoms. The van der Waals surface area contributed by atoms with E-state index in [1.165, 1.54) is 0 Å². The van der Waals surface area contributed by atoms with E-state index in [0.717, 1.165) is 25.2 Å².